The Labute approximate surface area is 196 Å². The van der Waals surface area contributed by atoms with Gasteiger partial charge in [-0.2, -0.15) is 0 Å². The molecular formula is C26H25BrN2O3. The number of halogens is 1. The maximum Gasteiger partial charge on any atom is 0.265 e. The molecule has 0 N–H and O–H groups in total. The van der Waals surface area contributed by atoms with E-state index in [2.05, 4.69) is 15.9 Å². The summed E-state index contributed by atoms with van der Waals surface area (Å²) in [5.74, 6) is 0.506. The number of anilines is 2. The Hall–Kier alpha value is -3.12. The Morgan fingerprint density at radius 2 is 1.66 bits per heavy atom. The molecule has 0 saturated heterocycles. The molecule has 3 aromatic rings. The summed E-state index contributed by atoms with van der Waals surface area (Å²) in [5.41, 5.74) is 2.63. The van der Waals surface area contributed by atoms with Crippen molar-refractivity contribution in [3.8, 4) is 5.75 Å². The minimum Gasteiger partial charge on any atom is -0.484 e. The summed E-state index contributed by atoms with van der Waals surface area (Å²) in [6.45, 7) is 3.55. The number of ether oxygens (including phenoxy) is 1. The van der Waals surface area contributed by atoms with Gasteiger partial charge in [0.05, 0.1) is 6.04 Å². The summed E-state index contributed by atoms with van der Waals surface area (Å²) < 4.78 is 6.70. The van der Waals surface area contributed by atoms with E-state index in [1.807, 2.05) is 90.7 Å². The Balaban J connectivity index is 1.62. The quantitative estimate of drug-likeness (QED) is 0.455. The molecule has 0 bridgehead atoms. The van der Waals surface area contributed by atoms with Crippen molar-refractivity contribution >= 4 is 39.1 Å². The first-order valence-corrected chi connectivity index (χ1v) is 11.4. The maximum atomic E-state index is 13.2. The Morgan fingerprint density at radius 1 is 1.00 bits per heavy atom. The largest absolute Gasteiger partial charge is 0.484 e. The topological polar surface area (TPSA) is 49.9 Å². The van der Waals surface area contributed by atoms with Gasteiger partial charge in [-0.15, -0.1) is 0 Å². The van der Waals surface area contributed by atoms with Crippen molar-refractivity contribution in [1.82, 2.24) is 0 Å². The van der Waals surface area contributed by atoms with Gasteiger partial charge in [0.15, 0.2) is 6.61 Å². The van der Waals surface area contributed by atoms with Crippen LogP contribution in [0.1, 0.15) is 31.9 Å². The predicted molar refractivity (Wildman–Crippen MR) is 130 cm³/mol. The van der Waals surface area contributed by atoms with Crippen LogP contribution in [0.4, 0.5) is 11.4 Å². The van der Waals surface area contributed by atoms with Gasteiger partial charge in [0.2, 0.25) is 5.91 Å². The summed E-state index contributed by atoms with van der Waals surface area (Å²) in [5, 5.41) is 0. The number of fused-ring (bicyclic) bond motifs is 1. The van der Waals surface area contributed by atoms with E-state index < -0.39 is 0 Å². The van der Waals surface area contributed by atoms with Crippen molar-refractivity contribution in [1.29, 1.82) is 0 Å². The van der Waals surface area contributed by atoms with E-state index in [0.717, 1.165) is 21.4 Å². The van der Waals surface area contributed by atoms with Crippen molar-refractivity contribution < 1.29 is 14.3 Å². The average Bonchev–Trinajstić information content (AvgIpc) is 2.79. The molecule has 1 aliphatic rings. The van der Waals surface area contributed by atoms with Gasteiger partial charge in [-0.3, -0.25) is 9.59 Å². The molecule has 2 amide bonds. The first kappa shape index (κ1) is 22.1. The number of para-hydroxylation sites is 2. The molecule has 2 atom stereocenters. The molecule has 1 heterocycles. The Kier molecular flexibility index (Phi) is 6.61. The maximum absolute atomic E-state index is 13.2. The van der Waals surface area contributed by atoms with Crippen LogP contribution in [-0.2, 0) is 9.59 Å². The van der Waals surface area contributed by atoms with Crippen LogP contribution in [-0.4, -0.2) is 24.5 Å². The number of hydrogen-bond donors (Lipinski definition) is 0. The molecule has 2 unspecified atom stereocenters. The average molecular weight is 493 g/mol. The van der Waals surface area contributed by atoms with Crippen LogP contribution in [0.5, 0.6) is 5.75 Å². The molecule has 1 aliphatic heterocycles. The number of amides is 2. The van der Waals surface area contributed by atoms with Crippen molar-refractivity contribution in [2.75, 3.05) is 16.4 Å². The molecule has 5 nitrogen and oxygen atoms in total. The van der Waals surface area contributed by atoms with Gasteiger partial charge in [0.25, 0.3) is 5.91 Å². The molecule has 3 aromatic carbocycles. The zero-order chi connectivity index (χ0) is 22.7. The molecule has 4 rings (SSSR count). The zero-order valence-electron chi connectivity index (χ0n) is 18.1. The highest BCUT2D eigenvalue weighted by atomic mass is 79.9. The predicted octanol–water partition coefficient (Wildman–Crippen LogP) is 5.75. The van der Waals surface area contributed by atoms with Crippen LogP contribution in [0.15, 0.2) is 83.3 Å². The first-order valence-electron chi connectivity index (χ1n) is 10.6. The van der Waals surface area contributed by atoms with Crippen molar-refractivity contribution in [2.24, 2.45) is 0 Å². The fourth-order valence-corrected chi connectivity index (χ4v) is 4.59. The smallest absolute Gasteiger partial charge is 0.265 e. The molecule has 0 fully saturated rings. The second-order valence-electron chi connectivity index (χ2n) is 7.89. The summed E-state index contributed by atoms with van der Waals surface area (Å²) in [6.07, 6.45) is 0.634. The van der Waals surface area contributed by atoms with E-state index in [0.29, 0.717) is 12.2 Å². The van der Waals surface area contributed by atoms with E-state index in [9.17, 15) is 9.59 Å². The summed E-state index contributed by atoms with van der Waals surface area (Å²) in [7, 11) is 0. The second-order valence-corrected chi connectivity index (χ2v) is 8.81. The fourth-order valence-electron chi connectivity index (χ4n) is 4.32. The summed E-state index contributed by atoms with van der Waals surface area (Å²) >= 11 is 3.40. The Morgan fingerprint density at radius 3 is 2.34 bits per heavy atom. The number of benzene rings is 3. The Bertz CT molecular complexity index is 1100. The van der Waals surface area contributed by atoms with E-state index in [1.54, 1.807) is 11.8 Å². The molecule has 0 aromatic heterocycles. The third-order valence-corrected chi connectivity index (χ3v) is 6.22. The monoisotopic (exact) mass is 492 g/mol. The zero-order valence-corrected chi connectivity index (χ0v) is 19.7. The first-order chi connectivity index (χ1) is 15.5. The third-order valence-electron chi connectivity index (χ3n) is 5.69. The number of rotatable bonds is 5. The number of carbonyl (C=O) groups excluding carboxylic acids is 2. The molecule has 0 spiro atoms. The van der Waals surface area contributed by atoms with E-state index >= 15 is 0 Å². The van der Waals surface area contributed by atoms with Gasteiger partial charge in [0, 0.05) is 28.8 Å². The van der Waals surface area contributed by atoms with Crippen LogP contribution < -0.4 is 14.5 Å². The minimum atomic E-state index is -0.155. The van der Waals surface area contributed by atoms with Crippen molar-refractivity contribution in [2.45, 2.75) is 32.4 Å². The van der Waals surface area contributed by atoms with Crippen LogP contribution >= 0.6 is 15.9 Å². The van der Waals surface area contributed by atoms with E-state index in [4.69, 9.17) is 4.74 Å². The lowest BCUT2D eigenvalue weighted by atomic mass is 9.90. The van der Waals surface area contributed by atoms with Crippen LogP contribution in [0, 0.1) is 0 Å². The van der Waals surface area contributed by atoms with Crippen LogP contribution in [0.2, 0.25) is 0 Å². The van der Waals surface area contributed by atoms with Crippen molar-refractivity contribution in [3.05, 3.63) is 88.9 Å². The van der Waals surface area contributed by atoms with Gasteiger partial charge in [0.1, 0.15) is 5.75 Å². The van der Waals surface area contributed by atoms with Crippen molar-refractivity contribution in [3.63, 3.8) is 0 Å². The summed E-state index contributed by atoms with van der Waals surface area (Å²) in [4.78, 5) is 29.5. The number of hydrogen-bond acceptors (Lipinski definition) is 3. The second kappa shape index (κ2) is 9.57. The molecule has 32 heavy (non-hydrogen) atoms. The molecular weight excluding hydrogens is 468 g/mol. The lowest BCUT2D eigenvalue weighted by Gasteiger charge is -2.43. The molecule has 164 valence electrons. The van der Waals surface area contributed by atoms with Crippen LogP contribution in [0.3, 0.4) is 0 Å². The molecule has 0 saturated carbocycles. The van der Waals surface area contributed by atoms with Gasteiger partial charge < -0.3 is 14.5 Å². The SMILES string of the molecule is CC(=O)N(c1ccccc1)C1CC(C)N(C(=O)COc2ccc(Br)cc2)c2ccccc21. The van der Waals surface area contributed by atoms with Gasteiger partial charge in [-0.25, -0.2) is 0 Å². The third kappa shape index (κ3) is 4.55. The van der Waals surface area contributed by atoms with E-state index in [-0.39, 0.29) is 30.5 Å². The van der Waals surface area contributed by atoms with Gasteiger partial charge >= 0.3 is 0 Å². The fraction of sp³-hybridized carbons (Fsp3) is 0.231. The summed E-state index contributed by atoms with van der Waals surface area (Å²) in [6, 6.07) is 24.7. The highest BCUT2D eigenvalue weighted by molar-refractivity contribution is 9.10. The molecule has 0 radical (unpaired) electrons. The van der Waals surface area contributed by atoms with Crippen LogP contribution in [0.25, 0.3) is 0 Å². The highest BCUT2D eigenvalue weighted by Gasteiger charge is 2.37. The number of nitrogens with zero attached hydrogens (tertiary/aromatic N) is 2. The normalized spacial score (nSPS) is 17.4. The lowest BCUT2D eigenvalue weighted by Crippen LogP contribution is -2.48. The van der Waals surface area contributed by atoms with Gasteiger partial charge in [-0.1, -0.05) is 52.3 Å². The minimum absolute atomic E-state index is 0.0263. The molecule has 6 heteroatoms. The molecule has 0 aliphatic carbocycles. The van der Waals surface area contributed by atoms with E-state index in [1.165, 1.54) is 0 Å². The number of carbonyl (C=O) groups is 2. The standard InChI is InChI=1S/C26H25BrN2O3/c1-18-16-25(29(19(2)30)21-8-4-3-5-9-21)23-10-6-7-11-24(23)28(18)26(31)17-32-22-14-12-20(27)13-15-22/h3-15,18,25H,16-17H2,1-2H3. The lowest BCUT2D eigenvalue weighted by molar-refractivity contribution is -0.121. The highest BCUT2D eigenvalue weighted by Crippen LogP contribution is 2.42. The van der Waals surface area contributed by atoms with Gasteiger partial charge in [-0.05, 0) is 61.4 Å².